The van der Waals surface area contributed by atoms with Crippen molar-refractivity contribution in [3.8, 4) is 6.07 Å². The van der Waals surface area contributed by atoms with Crippen LogP contribution in [0.5, 0.6) is 0 Å². The number of halogens is 1. The molecule has 0 saturated carbocycles. The number of anilines is 2. The van der Waals surface area contributed by atoms with Crippen LogP contribution in [0.25, 0.3) is 11.0 Å². The molecule has 0 aliphatic carbocycles. The average molecular weight is 702 g/mol. The van der Waals surface area contributed by atoms with Gasteiger partial charge in [0.1, 0.15) is 45.7 Å². The second-order valence-electron chi connectivity index (χ2n) is 10.2. The van der Waals surface area contributed by atoms with Crippen molar-refractivity contribution in [3.63, 3.8) is 0 Å². The van der Waals surface area contributed by atoms with Gasteiger partial charge in [0.05, 0.1) is 18.0 Å². The van der Waals surface area contributed by atoms with Gasteiger partial charge < -0.3 is 43.0 Å². The van der Waals surface area contributed by atoms with Gasteiger partial charge in [-0.25, -0.2) is 14.0 Å². The molecule has 1 saturated heterocycles. The molecule has 46 heavy (non-hydrogen) atoms. The minimum atomic E-state index is -1.97. The van der Waals surface area contributed by atoms with Crippen LogP contribution in [0.15, 0.2) is 61.8 Å². The fourth-order valence-electron chi connectivity index (χ4n) is 5.03. The molecule has 1 unspecified atom stereocenters. The number of aliphatic hydroxyl groups excluding tert-OH is 2. The van der Waals surface area contributed by atoms with Crippen molar-refractivity contribution in [2.75, 3.05) is 23.5 Å². The van der Waals surface area contributed by atoms with Gasteiger partial charge >= 0.3 is 0 Å². The molecule has 0 radical (unpaired) electrons. The Hall–Kier alpha value is -5.24. The summed E-state index contributed by atoms with van der Waals surface area (Å²) in [6.07, 6.45) is -1.65. The Bertz CT molecular complexity index is 2110. The van der Waals surface area contributed by atoms with Crippen LogP contribution in [-0.2, 0) is 10.3 Å². The van der Waals surface area contributed by atoms with E-state index < -0.39 is 36.2 Å². The Morgan fingerprint density at radius 3 is 2.41 bits per heavy atom. The topological polar surface area (TPSA) is 327 Å². The maximum Gasteiger partial charge on any atom is 0.276 e. The lowest BCUT2D eigenvalue weighted by Crippen LogP contribution is -2.53. The summed E-state index contributed by atoms with van der Waals surface area (Å²) >= 11 is 3.23. The zero-order valence-electron chi connectivity index (χ0n) is 23.9. The first kappa shape index (κ1) is 32.2. The van der Waals surface area contributed by atoms with Gasteiger partial charge in [-0.15, -0.1) is 10.2 Å². The summed E-state index contributed by atoms with van der Waals surface area (Å²) < 4.78 is 10.5. The number of aromatic amines is 2. The van der Waals surface area contributed by atoms with Crippen LogP contribution in [-0.4, -0.2) is 79.6 Å². The summed E-state index contributed by atoms with van der Waals surface area (Å²) in [6, 6.07) is 11.9. The quantitative estimate of drug-likeness (QED) is 0.0911. The van der Waals surface area contributed by atoms with Gasteiger partial charge in [-0.2, -0.15) is 5.26 Å². The number of aliphatic hydroxyl groups is 3. The fraction of sp³-hybridized carbons (Fsp3) is 0.280. The molecule has 7 rings (SSSR count). The number of hydrogen-bond acceptors (Lipinski definition) is 15. The molecule has 5 atom stereocenters. The molecular weight excluding hydrogens is 672 g/mol. The fourth-order valence-corrected chi connectivity index (χ4v) is 5.43. The van der Waals surface area contributed by atoms with Gasteiger partial charge in [-0.1, -0.05) is 0 Å². The first-order valence-electron chi connectivity index (χ1n) is 13.3. The zero-order valence-corrected chi connectivity index (χ0v) is 25.5. The summed E-state index contributed by atoms with van der Waals surface area (Å²) in [6.45, 7) is 0.724. The molecule has 5 aromatic rings. The second-order valence-corrected chi connectivity index (χ2v) is 11.1. The largest absolute Gasteiger partial charge is 0.394 e. The molecule has 14 N–H and O–H groups in total. The van der Waals surface area contributed by atoms with Crippen molar-refractivity contribution in [1.29, 1.82) is 5.26 Å². The number of nitrogen functional groups attached to an aromatic ring is 2. The van der Waals surface area contributed by atoms with Crippen molar-refractivity contribution < 1.29 is 20.1 Å². The van der Waals surface area contributed by atoms with Crippen LogP contribution in [0, 0.1) is 11.3 Å². The Labute approximate surface area is 265 Å². The number of rotatable bonds is 2. The van der Waals surface area contributed by atoms with E-state index >= 15 is 0 Å². The second kappa shape index (κ2) is 11.9. The van der Waals surface area contributed by atoms with Gasteiger partial charge in [0.2, 0.25) is 23.5 Å². The number of ether oxygens (including phenoxy) is 1. The highest BCUT2D eigenvalue weighted by atomic mass is 79.9. The molecule has 21 heteroatoms. The minimum absolute atomic E-state index is 0.0347. The van der Waals surface area contributed by atoms with E-state index in [0.29, 0.717) is 21.3 Å². The third-order valence-corrected chi connectivity index (χ3v) is 7.90. The summed E-state index contributed by atoms with van der Waals surface area (Å²) in [5, 5.41) is 47.7. The highest BCUT2D eigenvalue weighted by Crippen LogP contribution is 2.47. The van der Waals surface area contributed by atoms with Gasteiger partial charge in [0.15, 0.2) is 0 Å². The summed E-state index contributed by atoms with van der Waals surface area (Å²) in [4.78, 5) is 31.0. The van der Waals surface area contributed by atoms with Crippen LogP contribution in [0.4, 0.5) is 11.9 Å². The molecular formula is C25H29BrN14O6. The van der Waals surface area contributed by atoms with Gasteiger partial charge in [-0.05, 0) is 59.3 Å². The smallest absolute Gasteiger partial charge is 0.276 e. The van der Waals surface area contributed by atoms with Crippen molar-refractivity contribution >= 4 is 44.8 Å². The van der Waals surface area contributed by atoms with E-state index in [2.05, 4.69) is 46.5 Å². The number of aliphatic imine (C=N–C) groups is 1. The normalized spacial score (nSPS) is 25.0. The Balaban J connectivity index is 0.000000151. The van der Waals surface area contributed by atoms with E-state index in [9.17, 15) is 30.2 Å². The van der Waals surface area contributed by atoms with Crippen molar-refractivity contribution in [2.45, 2.75) is 36.5 Å². The monoisotopic (exact) mass is 700 g/mol. The number of fused-ring (bicyclic) bond motifs is 3. The molecule has 2 aliphatic heterocycles. The lowest BCUT2D eigenvalue weighted by atomic mass is 9.80. The van der Waals surface area contributed by atoms with Crippen LogP contribution in [0.3, 0.4) is 0 Å². The number of nitrogens with two attached hydrogens (primary N) is 4. The van der Waals surface area contributed by atoms with Crippen LogP contribution in [0.1, 0.15) is 24.5 Å². The maximum atomic E-state index is 11.2. The van der Waals surface area contributed by atoms with E-state index in [-0.39, 0.29) is 34.7 Å². The summed E-state index contributed by atoms with van der Waals surface area (Å²) in [7, 11) is 0. The van der Waals surface area contributed by atoms with Crippen LogP contribution >= 0.6 is 15.9 Å². The molecule has 2 aliphatic rings. The molecule has 242 valence electrons. The Morgan fingerprint density at radius 2 is 1.76 bits per heavy atom. The molecule has 1 fully saturated rings. The van der Waals surface area contributed by atoms with E-state index in [1.54, 1.807) is 36.5 Å². The SMILES string of the molecule is C[C@@]1(O)[C@H](O)[C@@H](CO)O[C@@]1(C#N)c1ccc2n1NC(N)=NC2N.Nc1nn2c(Br)ccc2c(=O)[nH]1.Nc1nn2cccc2c(=O)[nH]1. The van der Waals surface area contributed by atoms with E-state index in [0.717, 1.165) is 0 Å². The van der Waals surface area contributed by atoms with E-state index in [1.165, 1.54) is 26.7 Å². The molecule has 7 heterocycles. The van der Waals surface area contributed by atoms with Crippen molar-refractivity contribution in [1.82, 2.24) is 33.9 Å². The first-order valence-corrected chi connectivity index (χ1v) is 14.1. The molecule has 0 amide bonds. The van der Waals surface area contributed by atoms with Crippen molar-refractivity contribution in [2.24, 2.45) is 16.5 Å². The summed E-state index contributed by atoms with van der Waals surface area (Å²) in [5.74, 6) is 0.260. The average Bonchev–Trinajstić information content (AvgIpc) is 3.76. The molecule has 20 nitrogen and oxygen atoms in total. The predicted molar refractivity (Wildman–Crippen MR) is 166 cm³/mol. The Morgan fingerprint density at radius 1 is 1.09 bits per heavy atom. The van der Waals surface area contributed by atoms with Gasteiger partial charge in [-0.3, -0.25) is 29.7 Å². The standard InChI is InChI=1S/C13H18N6O4.C6H5BrN4O.C6H6N4O/c1-12(22)9(21)7(4-20)23-13(12,5-14)8-3-2-6-10(15)17-11(16)18-19(6)8;7-4-2-1-3-5(12)9-6(8)10-11(3)4;7-6-8-5(11)4-2-1-3-10(4)9-6/h2-3,7,9-10,20-22H,4,15H2,1H3,(H3,16,17,18);1-2H,(H3,8,9,10,12);1-3H,(H3,7,8,9,11)/t7-,9-,10?,12-,13+;;/m1../s1. The number of H-pyrrole nitrogens is 2. The number of hydrogen-bond donors (Lipinski definition) is 10. The number of nitrogens with zero attached hydrogens (tertiary/aromatic N) is 7. The van der Waals surface area contributed by atoms with E-state index in [1.807, 2.05) is 6.07 Å². The molecule has 0 bridgehead atoms. The first-order chi connectivity index (χ1) is 21.7. The number of nitrogens with one attached hydrogen (secondary N) is 3. The summed E-state index contributed by atoms with van der Waals surface area (Å²) in [5.41, 5.74) is 22.2. The molecule has 5 aromatic heterocycles. The van der Waals surface area contributed by atoms with Gasteiger partial charge in [0.25, 0.3) is 11.1 Å². The Kier molecular flexibility index (Phi) is 8.34. The van der Waals surface area contributed by atoms with E-state index in [4.69, 9.17) is 27.7 Å². The molecule has 0 spiro atoms. The maximum absolute atomic E-state index is 11.2. The van der Waals surface area contributed by atoms with Crippen LogP contribution < -0.4 is 39.5 Å². The predicted octanol–water partition coefficient (Wildman–Crippen LogP) is -2.49. The number of aromatic nitrogens is 7. The van der Waals surface area contributed by atoms with Gasteiger partial charge in [0, 0.05) is 6.20 Å². The molecule has 0 aromatic carbocycles. The van der Waals surface area contributed by atoms with Crippen molar-refractivity contribution in [3.05, 3.63) is 79.3 Å². The minimum Gasteiger partial charge on any atom is -0.394 e. The lowest BCUT2D eigenvalue weighted by Gasteiger charge is -2.35. The van der Waals surface area contributed by atoms with Crippen LogP contribution in [0.2, 0.25) is 0 Å². The third-order valence-electron chi connectivity index (χ3n) is 7.29. The third kappa shape index (κ3) is 5.34. The highest BCUT2D eigenvalue weighted by molar-refractivity contribution is 9.10. The number of nitriles is 1. The number of guanidine groups is 1. The zero-order chi connectivity index (χ0) is 33.6. The lowest BCUT2D eigenvalue weighted by molar-refractivity contribution is -0.110. The highest BCUT2D eigenvalue weighted by Gasteiger charge is 2.65.